The number of aliphatic hydroxyl groups excluding tert-OH is 4. The van der Waals surface area contributed by atoms with Gasteiger partial charge < -0.3 is 30.5 Å². The third kappa shape index (κ3) is 5.34. The van der Waals surface area contributed by atoms with Gasteiger partial charge in [0.05, 0.1) is 6.61 Å². The lowest BCUT2D eigenvalue weighted by atomic mass is 9.90. The van der Waals surface area contributed by atoms with E-state index in [0.717, 1.165) is 26.6 Å². The number of ether oxygens (including phenoxy) is 1. The fraction of sp³-hybridized carbons (Fsp3) is 0.320. The number of benzene rings is 2. The molecule has 1 saturated heterocycles. The quantitative estimate of drug-likeness (QED) is 0.352. The minimum Gasteiger partial charge on any atom is -0.394 e. The monoisotopic (exact) mass is 503 g/mol. The number of nitrogens with one attached hydrogen (secondary N) is 1. The molecule has 1 fully saturated rings. The molecular weight excluding hydrogens is 478 g/mol. The van der Waals surface area contributed by atoms with Gasteiger partial charge in [-0.25, -0.2) is 0 Å². The van der Waals surface area contributed by atoms with Crippen molar-refractivity contribution in [2.24, 2.45) is 0 Å². The van der Waals surface area contributed by atoms with Gasteiger partial charge in [0.15, 0.2) is 0 Å². The van der Waals surface area contributed by atoms with E-state index in [0.29, 0.717) is 17.0 Å². The molecule has 1 aromatic heterocycles. The summed E-state index contributed by atoms with van der Waals surface area (Å²) in [4.78, 5) is 13.4. The molecule has 2 heterocycles. The highest BCUT2D eigenvalue weighted by Gasteiger charge is 2.44. The van der Waals surface area contributed by atoms with E-state index in [-0.39, 0.29) is 5.91 Å². The van der Waals surface area contributed by atoms with Crippen molar-refractivity contribution in [1.82, 2.24) is 0 Å². The van der Waals surface area contributed by atoms with Crippen molar-refractivity contribution in [3.63, 3.8) is 0 Å². The minimum absolute atomic E-state index is 0.117. The number of carbonyl (C=O) groups is 1. The van der Waals surface area contributed by atoms with Gasteiger partial charge in [0.1, 0.15) is 30.5 Å². The van der Waals surface area contributed by atoms with Crippen LogP contribution in [0.3, 0.4) is 0 Å². The molecule has 1 amide bonds. The van der Waals surface area contributed by atoms with Crippen LogP contribution in [0.4, 0.5) is 5.69 Å². The summed E-state index contributed by atoms with van der Waals surface area (Å²) in [7, 11) is 0. The Bertz CT molecular complexity index is 1150. The molecule has 1 aliphatic rings. The fourth-order valence-electron chi connectivity index (χ4n) is 4.02. The first kappa shape index (κ1) is 24.8. The Morgan fingerprint density at radius 2 is 1.76 bits per heavy atom. The molecule has 0 bridgehead atoms. The van der Waals surface area contributed by atoms with Gasteiger partial charge >= 0.3 is 0 Å². The minimum atomic E-state index is -1.44. The lowest BCUT2D eigenvalue weighted by molar-refractivity contribution is -0.231. The number of halogens is 1. The molecular formula is C25H26ClNO6S. The van der Waals surface area contributed by atoms with Gasteiger partial charge in [0.2, 0.25) is 5.91 Å². The van der Waals surface area contributed by atoms with Gasteiger partial charge in [-0.1, -0.05) is 35.9 Å². The Balaban J connectivity index is 1.52. The number of thiophene rings is 1. The lowest BCUT2D eigenvalue weighted by Gasteiger charge is -2.40. The van der Waals surface area contributed by atoms with Crippen molar-refractivity contribution in [2.45, 2.75) is 43.9 Å². The second kappa shape index (κ2) is 10.5. The topological polar surface area (TPSA) is 119 Å². The molecule has 3 aromatic rings. The summed E-state index contributed by atoms with van der Waals surface area (Å²) >= 11 is 8.07. The van der Waals surface area contributed by atoms with E-state index in [1.54, 1.807) is 23.5 Å². The SMILES string of the molecule is CC(=O)Nc1ccc(-c2ccc(Cc3cc([C@@H]4O[C@H](CO)[C@@H](O)[C@H](O)[C@H]4O)ccc3Cl)s2)cc1. The first-order valence-electron chi connectivity index (χ1n) is 10.8. The third-order valence-electron chi connectivity index (χ3n) is 5.81. The molecule has 0 saturated carbocycles. The van der Waals surface area contributed by atoms with Crippen molar-refractivity contribution in [3.8, 4) is 10.4 Å². The Labute approximate surface area is 206 Å². The molecule has 9 heteroatoms. The zero-order chi connectivity index (χ0) is 24.4. The van der Waals surface area contributed by atoms with Crippen molar-refractivity contribution < 1.29 is 30.0 Å². The zero-order valence-electron chi connectivity index (χ0n) is 18.4. The van der Waals surface area contributed by atoms with Crippen LogP contribution in [0.1, 0.15) is 29.0 Å². The van der Waals surface area contributed by atoms with Gasteiger partial charge in [-0.3, -0.25) is 4.79 Å². The summed E-state index contributed by atoms with van der Waals surface area (Å²) in [5.74, 6) is -0.117. The number of hydrogen-bond acceptors (Lipinski definition) is 7. The second-order valence-corrected chi connectivity index (χ2v) is 9.88. The van der Waals surface area contributed by atoms with Gasteiger partial charge in [-0.05, 0) is 47.0 Å². The number of carbonyl (C=O) groups excluding carboxylic acids is 1. The number of rotatable bonds is 6. The molecule has 5 atom stereocenters. The zero-order valence-corrected chi connectivity index (χ0v) is 20.0. The summed E-state index contributed by atoms with van der Waals surface area (Å²) in [5.41, 5.74) is 3.20. The third-order valence-corrected chi connectivity index (χ3v) is 7.31. The number of hydrogen-bond donors (Lipinski definition) is 5. The van der Waals surface area contributed by atoms with E-state index in [1.807, 2.05) is 42.5 Å². The van der Waals surface area contributed by atoms with Crippen molar-refractivity contribution in [2.75, 3.05) is 11.9 Å². The highest BCUT2D eigenvalue weighted by Crippen LogP contribution is 2.36. The fourth-order valence-corrected chi connectivity index (χ4v) is 5.24. The molecule has 2 aromatic carbocycles. The van der Waals surface area contributed by atoms with Gasteiger partial charge in [-0.2, -0.15) is 0 Å². The lowest BCUT2D eigenvalue weighted by Crippen LogP contribution is -2.55. The molecule has 180 valence electrons. The van der Waals surface area contributed by atoms with E-state index in [2.05, 4.69) is 5.32 Å². The molecule has 0 spiro atoms. The maximum atomic E-state index is 11.2. The van der Waals surface area contributed by atoms with Crippen LogP contribution in [0.2, 0.25) is 5.02 Å². The number of amides is 1. The number of anilines is 1. The largest absolute Gasteiger partial charge is 0.394 e. The maximum Gasteiger partial charge on any atom is 0.221 e. The van der Waals surface area contributed by atoms with E-state index in [4.69, 9.17) is 16.3 Å². The van der Waals surface area contributed by atoms with E-state index in [9.17, 15) is 25.2 Å². The molecule has 0 aliphatic carbocycles. The summed E-state index contributed by atoms with van der Waals surface area (Å²) in [6, 6.07) is 16.9. The number of aliphatic hydroxyl groups is 4. The van der Waals surface area contributed by atoms with Gasteiger partial charge in [0, 0.05) is 33.8 Å². The Morgan fingerprint density at radius 3 is 2.44 bits per heavy atom. The summed E-state index contributed by atoms with van der Waals surface area (Å²) in [5, 5.41) is 43.4. The second-order valence-electron chi connectivity index (χ2n) is 8.30. The summed E-state index contributed by atoms with van der Waals surface area (Å²) in [6.45, 7) is 0.989. The highest BCUT2D eigenvalue weighted by atomic mass is 35.5. The van der Waals surface area contributed by atoms with E-state index < -0.39 is 37.1 Å². The van der Waals surface area contributed by atoms with Crippen molar-refractivity contribution in [1.29, 1.82) is 0 Å². The maximum absolute atomic E-state index is 11.2. The van der Waals surface area contributed by atoms with Crippen LogP contribution in [-0.2, 0) is 16.0 Å². The Kier molecular flexibility index (Phi) is 7.69. The predicted octanol–water partition coefficient (Wildman–Crippen LogP) is 3.13. The Hall–Kier alpha value is -2.30. The first-order chi connectivity index (χ1) is 16.3. The summed E-state index contributed by atoms with van der Waals surface area (Å²) < 4.78 is 5.68. The average Bonchev–Trinajstić information content (AvgIpc) is 3.28. The molecule has 4 rings (SSSR count). The Morgan fingerprint density at radius 1 is 1.03 bits per heavy atom. The van der Waals surface area contributed by atoms with Crippen LogP contribution in [0, 0.1) is 0 Å². The smallest absolute Gasteiger partial charge is 0.221 e. The predicted molar refractivity (Wildman–Crippen MR) is 131 cm³/mol. The van der Waals surface area contributed by atoms with Crippen molar-refractivity contribution in [3.05, 3.63) is 75.6 Å². The van der Waals surface area contributed by atoms with E-state index in [1.165, 1.54) is 6.92 Å². The van der Waals surface area contributed by atoms with Gasteiger partial charge in [-0.15, -0.1) is 11.3 Å². The van der Waals surface area contributed by atoms with Crippen LogP contribution in [0.25, 0.3) is 10.4 Å². The molecule has 5 N–H and O–H groups in total. The van der Waals surface area contributed by atoms with Crippen LogP contribution < -0.4 is 5.32 Å². The normalized spacial score (nSPS) is 24.7. The van der Waals surface area contributed by atoms with Crippen LogP contribution in [0.5, 0.6) is 0 Å². The molecule has 7 nitrogen and oxygen atoms in total. The standard InChI is InChI=1S/C25H26ClNO6S/c1-13(29)27-17-5-2-14(3-6-17)21-9-7-18(34-21)11-16-10-15(4-8-19(16)26)25-24(32)23(31)22(30)20(12-28)33-25/h2-10,20,22-25,28,30-32H,11-12H2,1H3,(H,27,29)/t20-,22-,23+,24-,25+/m1/s1. The first-order valence-corrected chi connectivity index (χ1v) is 12.0. The molecule has 1 aliphatic heterocycles. The highest BCUT2D eigenvalue weighted by molar-refractivity contribution is 7.15. The molecule has 0 radical (unpaired) electrons. The average molecular weight is 504 g/mol. The van der Waals surface area contributed by atoms with Crippen LogP contribution in [0.15, 0.2) is 54.6 Å². The van der Waals surface area contributed by atoms with Crippen molar-refractivity contribution >= 4 is 34.5 Å². The summed E-state index contributed by atoms with van der Waals surface area (Å²) in [6.07, 6.45) is -5.52. The van der Waals surface area contributed by atoms with Crippen LogP contribution in [-0.4, -0.2) is 57.4 Å². The van der Waals surface area contributed by atoms with Crippen LogP contribution >= 0.6 is 22.9 Å². The molecule has 34 heavy (non-hydrogen) atoms. The van der Waals surface area contributed by atoms with E-state index >= 15 is 0 Å². The van der Waals surface area contributed by atoms with Gasteiger partial charge in [0.25, 0.3) is 0 Å². The molecule has 0 unspecified atom stereocenters.